The molecule has 0 aromatic heterocycles. The summed E-state index contributed by atoms with van der Waals surface area (Å²) in [6, 6.07) is 8.93. The molecule has 2 aliphatic heterocycles. The van der Waals surface area contributed by atoms with Crippen LogP contribution in [0, 0.1) is 10.1 Å². The Labute approximate surface area is 160 Å². The number of carbonyl (C=O) groups is 1. The highest BCUT2D eigenvalue weighted by Gasteiger charge is 2.32. The van der Waals surface area contributed by atoms with Crippen molar-refractivity contribution in [2.24, 2.45) is 0 Å². The van der Waals surface area contributed by atoms with E-state index in [4.69, 9.17) is 9.47 Å². The number of allylic oxidation sites excluding steroid dienone is 1. The van der Waals surface area contributed by atoms with Crippen molar-refractivity contribution in [3.8, 4) is 11.5 Å². The molecule has 0 atom stereocenters. The third-order valence-corrected chi connectivity index (χ3v) is 4.94. The van der Waals surface area contributed by atoms with Gasteiger partial charge in [0.25, 0.3) is 5.69 Å². The zero-order valence-electron chi connectivity index (χ0n) is 15.0. The lowest BCUT2D eigenvalue weighted by Crippen LogP contribution is -3.12. The standard InChI is InChI=1S/C20H18N2O6/c23-17-6-5-15-19(24)18(11-13-1-3-14(4-2-13)22(25)26)28-20(15)16(17)12-21-7-9-27-10-8-21/h1-6,11,23H,7-10,12H2/p+1/b18-11+. The van der Waals surface area contributed by atoms with Crippen LogP contribution in [-0.4, -0.2) is 42.1 Å². The maximum absolute atomic E-state index is 12.7. The van der Waals surface area contributed by atoms with Gasteiger partial charge >= 0.3 is 0 Å². The third kappa shape index (κ3) is 3.47. The maximum atomic E-state index is 12.7. The van der Waals surface area contributed by atoms with E-state index in [2.05, 4.69) is 0 Å². The number of ether oxygens (including phenoxy) is 2. The Hall–Kier alpha value is -3.23. The van der Waals surface area contributed by atoms with Crippen LogP contribution in [0.1, 0.15) is 21.5 Å². The average Bonchev–Trinajstić information content (AvgIpc) is 3.01. The number of morpholine rings is 1. The summed E-state index contributed by atoms with van der Waals surface area (Å²) in [4.78, 5) is 24.3. The van der Waals surface area contributed by atoms with E-state index in [1.165, 1.54) is 23.1 Å². The highest BCUT2D eigenvalue weighted by molar-refractivity contribution is 6.15. The van der Waals surface area contributed by atoms with Crippen molar-refractivity contribution < 1.29 is 29.2 Å². The van der Waals surface area contributed by atoms with E-state index >= 15 is 0 Å². The lowest BCUT2D eigenvalue weighted by atomic mass is 10.0. The molecule has 2 heterocycles. The molecule has 2 aliphatic rings. The number of benzene rings is 2. The minimum Gasteiger partial charge on any atom is -0.507 e. The minimum absolute atomic E-state index is 0.0233. The molecule has 0 spiro atoms. The normalized spacial score (nSPS) is 18.1. The van der Waals surface area contributed by atoms with E-state index in [0.29, 0.717) is 42.2 Å². The van der Waals surface area contributed by atoms with Gasteiger partial charge in [0.2, 0.25) is 5.78 Å². The van der Waals surface area contributed by atoms with Crippen LogP contribution in [0.5, 0.6) is 11.5 Å². The van der Waals surface area contributed by atoms with Gasteiger partial charge in [0, 0.05) is 12.1 Å². The number of rotatable bonds is 4. The summed E-state index contributed by atoms with van der Waals surface area (Å²) in [6.45, 7) is 3.51. The first-order chi connectivity index (χ1) is 13.5. The van der Waals surface area contributed by atoms with Gasteiger partial charge in [-0.25, -0.2) is 0 Å². The second-order valence-electron chi connectivity index (χ2n) is 6.77. The number of ketones is 1. The Morgan fingerprint density at radius 2 is 1.86 bits per heavy atom. The van der Waals surface area contributed by atoms with E-state index in [1.54, 1.807) is 24.3 Å². The van der Waals surface area contributed by atoms with Crippen molar-refractivity contribution in [1.29, 1.82) is 0 Å². The van der Waals surface area contributed by atoms with E-state index in [1.807, 2.05) is 0 Å². The van der Waals surface area contributed by atoms with Crippen LogP contribution in [0.15, 0.2) is 42.2 Å². The van der Waals surface area contributed by atoms with Crippen molar-refractivity contribution in [3.63, 3.8) is 0 Å². The van der Waals surface area contributed by atoms with Crippen LogP contribution in [0.2, 0.25) is 0 Å². The van der Waals surface area contributed by atoms with Crippen LogP contribution in [0.3, 0.4) is 0 Å². The summed E-state index contributed by atoms with van der Waals surface area (Å²) < 4.78 is 11.2. The molecule has 144 valence electrons. The molecule has 0 saturated carbocycles. The Balaban J connectivity index is 1.62. The quantitative estimate of drug-likeness (QED) is 0.469. The van der Waals surface area contributed by atoms with Crippen LogP contribution in [0.25, 0.3) is 6.08 Å². The second-order valence-corrected chi connectivity index (χ2v) is 6.77. The SMILES string of the molecule is O=C1/C(=C\c2ccc([N+](=O)[O-])cc2)Oc2c1ccc(O)c2C[NH+]1CCOCC1. The molecule has 28 heavy (non-hydrogen) atoms. The fourth-order valence-corrected chi connectivity index (χ4v) is 3.40. The predicted molar refractivity (Wildman–Crippen MR) is 99.4 cm³/mol. The van der Waals surface area contributed by atoms with Gasteiger partial charge in [-0.15, -0.1) is 0 Å². The third-order valence-electron chi connectivity index (χ3n) is 4.94. The number of hydrogen-bond donors (Lipinski definition) is 2. The van der Waals surface area contributed by atoms with Gasteiger partial charge < -0.3 is 19.5 Å². The number of fused-ring (bicyclic) bond motifs is 1. The molecular formula is C20H19N2O6+. The highest BCUT2D eigenvalue weighted by atomic mass is 16.6. The van der Waals surface area contributed by atoms with Gasteiger partial charge in [-0.2, -0.15) is 0 Å². The minimum atomic E-state index is -0.479. The molecule has 2 aromatic rings. The number of nitro benzene ring substituents is 1. The largest absolute Gasteiger partial charge is 0.507 e. The van der Waals surface area contributed by atoms with E-state index in [-0.39, 0.29) is 23.0 Å². The van der Waals surface area contributed by atoms with E-state index in [9.17, 15) is 20.0 Å². The van der Waals surface area contributed by atoms with Gasteiger partial charge in [0.05, 0.1) is 29.3 Å². The van der Waals surface area contributed by atoms with E-state index in [0.717, 1.165) is 13.1 Å². The number of non-ortho nitro benzene ring substituents is 1. The lowest BCUT2D eigenvalue weighted by Gasteiger charge is -2.24. The number of nitro groups is 1. The molecule has 0 aliphatic carbocycles. The molecule has 0 radical (unpaired) electrons. The zero-order chi connectivity index (χ0) is 19.7. The molecule has 0 amide bonds. The number of phenols is 1. The molecule has 0 bridgehead atoms. The molecule has 1 saturated heterocycles. The fourth-order valence-electron chi connectivity index (χ4n) is 3.40. The molecule has 2 aromatic carbocycles. The van der Waals surface area contributed by atoms with Gasteiger partial charge in [-0.3, -0.25) is 14.9 Å². The predicted octanol–water partition coefficient (Wildman–Crippen LogP) is 1.33. The van der Waals surface area contributed by atoms with Crippen molar-refractivity contribution >= 4 is 17.5 Å². The number of carbonyl (C=O) groups excluding carboxylic acids is 1. The number of hydrogen-bond acceptors (Lipinski definition) is 6. The molecule has 8 nitrogen and oxygen atoms in total. The molecular weight excluding hydrogens is 364 g/mol. The number of nitrogens with one attached hydrogen (secondary N) is 1. The lowest BCUT2D eigenvalue weighted by molar-refractivity contribution is -0.921. The van der Waals surface area contributed by atoms with Crippen LogP contribution >= 0.6 is 0 Å². The number of Topliss-reactive ketones (excluding diaryl/α,β-unsaturated/α-hetero) is 1. The first-order valence-electron chi connectivity index (χ1n) is 8.98. The summed E-state index contributed by atoms with van der Waals surface area (Å²) in [5.41, 5.74) is 1.61. The topological polar surface area (TPSA) is 103 Å². The Morgan fingerprint density at radius 3 is 2.54 bits per heavy atom. The molecule has 0 unspecified atom stereocenters. The zero-order valence-corrected chi connectivity index (χ0v) is 15.0. The van der Waals surface area contributed by atoms with E-state index < -0.39 is 4.92 Å². The van der Waals surface area contributed by atoms with Crippen molar-refractivity contribution in [1.82, 2.24) is 0 Å². The van der Waals surface area contributed by atoms with Gasteiger partial charge in [-0.1, -0.05) is 0 Å². The average molecular weight is 383 g/mol. The molecule has 4 rings (SSSR count). The highest BCUT2D eigenvalue weighted by Crippen LogP contribution is 2.39. The Bertz CT molecular complexity index is 961. The summed E-state index contributed by atoms with van der Waals surface area (Å²) in [5, 5.41) is 21.1. The Morgan fingerprint density at radius 1 is 1.14 bits per heavy atom. The van der Waals surface area contributed by atoms with Crippen molar-refractivity contribution in [2.45, 2.75) is 6.54 Å². The van der Waals surface area contributed by atoms with Gasteiger partial charge in [-0.05, 0) is 35.9 Å². The first kappa shape index (κ1) is 18.1. The number of aromatic hydroxyl groups is 1. The maximum Gasteiger partial charge on any atom is 0.269 e. The summed E-state index contributed by atoms with van der Waals surface area (Å²) in [5.74, 6) is 0.346. The summed E-state index contributed by atoms with van der Waals surface area (Å²) >= 11 is 0. The first-order valence-corrected chi connectivity index (χ1v) is 8.98. The van der Waals surface area contributed by atoms with Crippen LogP contribution in [0.4, 0.5) is 5.69 Å². The molecule has 1 fully saturated rings. The number of quaternary nitrogens is 1. The monoisotopic (exact) mass is 383 g/mol. The number of nitrogens with zero attached hydrogens (tertiary/aromatic N) is 1. The van der Waals surface area contributed by atoms with Crippen LogP contribution in [-0.2, 0) is 11.3 Å². The van der Waals surface area contributed by atoms with Crippen molar-refractivity contribution in [2.75, 3.05) is 26.3 Å². The van der Waals surface area contributed by atoms with Gasteiger partial charge in [0.15, 0.2) is 11.5 Å². The van der Waals surface area contributed by atoms with Crippen LogP contribution < -0.4 is 9.64 Å². The molecule has 8 heteroatoms. The Kier molecular flexibility index (Phi) is 4.81. The number of phenolic OH excluding ortho intramolecular Hbond substituents is 1. The molecule has 2 N–H and O–H groups in total. The second kappa shape index (κ2) is 7.41. The summed E-state index contributed by atoms with van der Waals surface area (Å²) in [6.07, 6.45) is 1.55. The van der Waals surface area contributed by atoms with Gasteiger partial charge in [0.1, 0.15) is 25.4 Å². The van der Waals surface area contributed by atoms with Crippen molar-refractivity contribution in [3.05, 3.63) is 69.0 Å². The smallest absolute Gasteiger partial charge is 0.269 e. The fraction of sp³-hybridized carbons (Fsp3) is 0.250. The summed E-state index contributed by atoms with van der Waals surface area (Å²) in [7, 11) is 0.